The Bertz CT molecular complexity index is 642. The third-order valence-electron chi connectivity index (χ3n) is 2.07. The van der Waals surface area contributed by atoms with E-state index in [4.69, 9.17) is 9.52 Å². The van der Waals surface area contributed by atoms with Gasteiger partial charge in [0.1, 0.15) is 0 Å². The molecule has 8 heteroatoms. The molecule has 0 radical (unpaired) electrons. The van der Waals surface area contributed by atoms with Gasteiger partial charge in [-0.25, -0.2) is 17.9 Å². The van der Waals surface area contributed by atoms with Crippen LogP contribution in [0.3, 0.4) is 0 Å². The van der Waals surface area contributed by atoms with Crippen molar-refractivity contribution in [1.82, 2.24) is 4.72 Å². The molecule has 96 valence electrons. The van der Waals surface area contributed by atoms with Crippen molar-refractivity contribution in [3.05, 3.63) is 40.3 Å². The highest BCUT2D eigenvalue weighted by Crippen LogP contribution is 2.15. The van der Waals surface area contributed by atoms with E-state index >= 15 is 0 Å². The summed E-state index contributed by atoms with van der Waals surface area (Å²) in [4.78, 5) is 11.4. The van der Waals surface area contributed by atoms with Gasteiger partial charge in [-0.1, -0.05) is 6.07 Å². The van der Waals surface area contributed by atoms with Crippen molar-refractivity contribution in [2.24, 2.45) is 0 Å². The largest absolute Gasteiger partial charge is 0.475 e. The van der Waals surface area contributed by atoms with Gasteiger partial charge in [0.15, 0.2) is 0 Å². The van der Waals surface area contributed by atoms with Crippen LogP contribution in [0.5, 0.6) is 0 Å². The molecule has 18 heavy (non-hydrogen) atoms. The summed E-state index contributed by atoms with van der Waals surface area (Å²) in [6, 6.07) is 5.81. The van der Waals surface area contributed by atoms with Crippen molar-refractivity contribution in [2.75, 3.05) is 0 Å². The first-order chi connectivity index (χ1) is 8.49. The van der Waals surface area contributed by atoms with Crippen LogP contribution in [0.25, 0.3) is 0 Å². The number of nitrogens with one attached hydrogen (secondary N) is 1. The topological polar surface area (TPSA) is 96.6 Å². The Morgan fingerprint density at radius 3 is 2.72 bits per heavy atom. The van der Waals surface area contributed by atoms with Gasteiger partial charge in [0.25, 0.3) is 10.0 Å². The van der Waals surface area contributed by atoms with Crippen molar-refractivity contribution in [3.63, 3.8) is 0 Å². The number of furan rings is 1. The van der Waals surface area contributed by atoms with Gasteiger partial charge in [-0.15, -0.1) is 11.3 Å². The van der Waals surface area contributed by atoms with Crippen LogP contribution in [0.4, 0.5) is 0 Å². The lowest BCUT2D eigenvalue weighted by molar-refractivity contribution is 0.0656. The van der Waals surface area contributed by atoms with Crippen LogP contribution in [0.2, 0.25) is 0 Å². The number of carboxylic acids is 1. The quantitative estimate of drug-likeness (QED) is 0.869. The molecule has 0 atom stereocenters. The van der Waals surface area contributed by atoms with Crippen LogP contribution in [0, 0.1) is 0 Å². The van der Waals surface area contributed by atoms with Gasteiger partial charge < -0.3 is 9.52 Å². The Balaban J connectivity index is 2.12. The minimum atomic E-state index is -3.82. The standard InChI is InChI=1S/C10H9NO5S2/c12-10(13)8-3-4-9(16-8)18(14,15)11-6-7-2-1-5-17-7/h1-5,11H,6H2,(H,12,13). The molecule has 2 aromatic rings. The summed E-state index contributed by atoms with van der Waals surface area (Å²) < 4.78 is 30.6. The molecular formula is C10H9NO5S2. The van der Waals surface area contributed by atoms with Gasteiger partial charge in [0.2, 0.25) is 10.9 Å². The van der Waals surface area contributed by atoms with Crippen LogP contribution in [-0.2, 0) is 16.6 Å². The Hall–Kier alpha value is -1.64. The summed E-state index contributed by atoms with van der Waals surface area (Å²) in [5.41, 5.74) is 0. The Labute approximate surface area is 107 Å². The highest BCUT2D eigenvalue weighted by molar-refractivity contribution is 7.89. The zero-order chi connectivity index (χ0) is 13.2. The molecule has 0 aliphatic rings. The lowest BCUT2D eigenvalue weighted by Crippen LogP contribution is -2.22. The van der Waals surface area contributed by atoms with E-state index in [1.807, 2.05) is 11.4 Å². The van der Waals surface area contributed by atoms with E-state index in [1.165, 1.54) is 11.3 Å². The molecule has 0 saturated heterocycles. The van der Waals surface area contributed by atoms with Gasteiger partial charge in [-0.2, -0.15) is 0 Å². The molecule has 0 amide bonds. The molecule has 2 N–H and O–H groups in total. The minimum Gasteiger partial charge on any atom is -0.475 e. The van der Waals surface area contributed by atoms with Gasteiger partial charge in [-0.05, 0) is 23.6 Å². The molecule has 0 bridgehead atoms. The summed E-state index contributed by atoms with van der Waals surface area (Å²) in [5, 5.41) is 10.1. The first-order valence-corrected chi connectivity index (χ1v) is 7.20. The van der Waals surface area contributed by atoms with Gasteiger partial charge in [0, 0.05) is 11.4 Å². The first-order valence-electron chi connectivity index (χ1n) is 4.84. The average Bonchev–Trinajstić information content (AvgIpc) is 2.98. The minimum absolute atomic E-state index is 0.142. The molecule has 6 nitrogen and oxygen atoms in total. The number of carboxylic acid groups (broad SMARTS) is 1. The number of hydrogen-bond donors (Lipinski definition) is 2. The van der Waals surface area contributed by atoms with Crippen LogP contribution in [0.15, 0.2) is 39.2 Å². The van der Waals surface area contributed by atoms with E-state index in [1.54, 1.807) is 6.07 Å². The molecule has 0 aromatic carbocycles. The number of carbonyl (C=O) groups is 1. The van der Waals surface area contributed by atoms with Crippen LogP contribution in [-0.4, -0.2) is 19.5 Å². The average molecular weight is 287 g/mol. The number of sulfonamides is 1. The fourth-order valence-corrected chi connectivity index (χ4v) is 2.90. The molecule has 0 fully saturated rings. The Morgan fingerprint density at radius 2 is 2.17 bits per heavy atom. The Morgan fingerprint density at radius 1 is 1.39 bits per heavy atom. The molecule has 2 aromatic heterocycles. The summed E-state index contributed by atoms with van der Waals surface area (Å²) in [6.07, 6.45) is 0. The van der Waals surface area contributed by atoms with Gasteiger partial charge in [0.05, 0.1) is 0 Å². The molecule has 0 aliphatic heterocycles. The smallest absolute Gasteiger partial charge is 0.371 e. The zero-order valence-corrected chi connectivity index (χ0v) is 10.6. The van der Waals surface area contributed by atoms with E-state index < -0.39 is 26.8 Å². The molecule has 2 heterocycles. The molecule has 0 spiro atoms. The maximum absolute atomic E-state index is 11.8. The second-order valence-electron chi connectivity index (χ2n) is 3.33. The van der Waals surface area contributed by atoms with Crippen molar-refractivity contribution in [3.8, 4) is 0 Å². The number of hydrogen-bond acceptors (Lipinski definition) is 5. The molecular weight excluding hydrogens is 278 g/mol. The predicted molar refractivity (Wildman–Crippen MR) is 64.0 cm³/mol. The summed E-state index contributed by atoms with van der Waals surface area (Å²) in [6.45, 7) is 0.142. The highest BCUT2D eigenvalue weighted by atomic mass is 32.2. The Kier molecular flexibility index (Phi) is 3.50. The number of rotatable bonds is 5. The maximum atomic E-state index is 11.8. The van der Waals surface area contributed by atoms with E-state index in [0.29, 0.717) is 0 Å². The fraction of sp³-hybridized carbons (Fsp3) is 0.100. The van der Waals surface area contributed by atoms with Crippen molar-refractivity contribution in [1.29, 1.82) is 0 Å². The second-order valence-corrected chi connectivity index (χ2v) is 6.06. The van der Waals surface area contributed by atoms with Crippen molar-refractivity contribution < 1.29 is 22.7 Å². The molecule has 2 rings (SSSR count). The van der Waals surface area contributed by atoms with Crippen LogP contribution in [0.1, 0.15) is 15.4 Å². The van der Waals surface area contributed by atoms with E-state index in [0.717, 1.165) is 17.0 Å². The molecule has 0 aliphatic carbocycles. The van der Waals surface area contributed by atoms with Crippen molar-refractivity contribution in [2.45, 2.75) is 11.6 Å². The second kappa shape index (κ2) is 4.92. The molecule has 0 unspecified atom stereocenters. The number of thiophene rings is 1. The molecule has 0 saturated carbocycles. The highest BCUT2D eigenvalue weighted by Gasteiger charge is 2.20. The third kappa shape index (κ3) is 2.78. The monoisotopic (exact) mass is 287 g/mol. The van der Waals surface area contributed by atoms with E-state index in [9.17, 15) is 13.2 Å². The lowest BCUT2D eigenvalue weighted by Gasteiger charge is -2.01. The zero-order valence-electron chi connectivity index (χ0n) is 8.99. The maximum Gasteiger partial charge on any atom is 0.371 e. The summed E-state index contributed by atoms with van der Waals surface area (Å²) in [5.74, 6) is -1.72. The summed E-state index contributed by atoms with van der Waals surface area (Å²) in [7, 11) is -3.82. The lowest BCUT2D eigenvalue weighted by atomic mass is 10.5. The van der Waals surface area contributed by atoms with Gasteiger partial charge in [-0.3, -0.25) is 0 Å². The van der Waals surface area contributed by atoms with E-state index in [-0.39, 0.29) is 6.54 Å². The van der Waals surface area contributed by atoms with Gasteiger partial charge >= 0.3 is 5.97 Å². The number of aromatic carboxylic acids is 1. The van der Waals surface area contributed by atoms with Crippen molar-refractivity contribution >= 4 is 27.3 Å². The fourth-order valence-electron chi connectivity index (χ4n) is 1.23. The SMILES string of the molecule is O=C(O)c1ccc(S(=O)(=O)NCc2cccs2)o1. The third-order valence-corrected chi connectivity index (χ3v) is 4.22. The van der Waals surface area contributed by atoms with E-state index in [2.05, 4.69) is 4.72 Å². The normalized spacial score (nSPS) is 11.6. The first kappa shape index (κ1) is 12.8. The predicted octanol–water partition coefficient (Wildman–Crippen LogP) is 1.52. The van der Waals surface area contributed by atoms with Crippen LogP contribution >= 0.6 is 11.3 Å². The van der Waals surface area contributed by atoms with Crippen LogP contribution < -0.4 is 4.72 Å². The summed E-state index contributed by atoms with van der Waals surface area (Å²) >= 11 is 1.42.